The predicted molar refractivity (Wildman–Crippen MR) is 74.7 cm³/mol. The number of rotatable bonds is 4. The minimum Gasteiger partial charge on any atom is -0.454 e. The van der Waals surface area contributed by atoms with E-state index in [9.17, 15) is 0 Å². The fraction of sp³-hybridized carbons (Fsp3) is 0.214. The normalized spacial score (nSPS) is 10.2. The summed E-state index contributed by atoms with van der Waals surface area (Å²) in [7, 11) is 0. The molecule has 0 saturated carbocycles. The van der Waals surface area contributed by atoms with Crippen molar-refractivity contribution in [2.24, 2.45) is 0 Å². The van der Waals surface area contributed by atoms with E-state index in [-0.39, 0.29) is 0 Å². The SMILES string of the molecule is CCNc1cncc(Oc2ccc(C)cc2Cl)c1. The molecule has 0 amide bonds. The largest absolute Gasteiger partial charge is 0.454 e. The molecule has 0 bridgehead atoms. The van der Waals surface area contributed by atoms with Crippen LogP contribution in [0.3, 0.4) is 0 Å². The highest BCUT2D eigenvalue weighted by Gasteiger charge is 2.04. The zero-order chi connectivity index (χ0) is 13.0. The topological polar surface area (TPSA) is 34.2 Å². The van der Waals surface area contributed by atoms with Gasteiger partial charge in [0.25, 0.3) is 0 Å². The smallest absolute Gasteiger partial charge is 0.147 e. The molecule has 0 saturated heterocycles. The van der Waals surface area contributed by atoms with Gasteiger partial charge in [0.05, 0.1) is 23.1 Å². The molecular weight excluding hydrogens is 248 g/mol. The van der Waals surface area contributed by atoms with E-state index >= 15 is 0 Å². The summed E-state index contributed by atoms with van der Waals surface area (Å²) in [6, 6.07) is 7.59. The minimum atomic E-state index is 0.601. The Hall–Kier alpha value is -1.74. The van der Waals surface area contributed by atoms with Gasteiger partial charge in [0, 0.05) is 12.6 Å². The average molecular weight is 263 g/mol. The third kappa shape index (κ3) is 3.14. The van der Waals surface area contributed by atoms with Gasteiger partial charge in [-0.15, -0.1) is 0 Å². The third-order valence-electron chi connectivity index (χ3n) is 2.41. The molecule has 0 radical (unpaired) electrons. The summed E-state index contributed by atoms with van der Waals surface area (Å²) in [5.74, 6) is 1.30. The van der Waals surface area contributed by atoms with Crippen LogP contribution in [0.2, 0.25) is 5.02 Å². The van der Waals surface area contributed by atoms with Gasteiger partial charge in [-0.25, -0.2) is 0 Å². The summed E-state index contributed by atoms with van der Waals surface area (Å²) >= 11 is 6.12. The average Bonchev–Trinajstić information content (AvgIpc) is 2.34. The lowest BCUT2D eigenvalue weighted by atomic mass is 10.2. The Morgan fingerprint density at radius 1 is 1.28 bits per heavy atom. The molecule has 18 heavy (non-hydrogen) atoms. The first-order chi connectivity index (χ1) is 8.69. The standard InChI is InChI=1S/C14H15ClN2O/c1-3-17-11-7-12(9-16-8-11)18-14-5-4-10(2)6-13(14)15/h4-9,17H,3H2,1-2H3. The monoisotopic (exact) mass is 262 g/mol. The Morgan fingerprint density at radius 3 is 2.83 bits per heavy atom. The van der Waals surface area contributed by atoms with Crippen molar-refractivity contribution < 1.29 is 4.74 Å². The number of hydrogen-bond acceptors (Lipinski definition) is 3. The molecule has 0 fully saturated rings. The third-order valence-corrected chi connectivity index (χ3v) is 2.70. The lowest BCUT2D eigenvalue weighted by molar-refractivity contribution is 0.480. The summed E-state index contributed by atoms with van der Waals surface area (Å²) in [5, 5.41) is 3.78. The van der Waals surface area contributed by atoms with Gasteiger partial charge in [-0.3, -0.25) is 4.98 Å². The predicted octanol–water partition coefficient (Wildman–Crippen LogP) is 4.27. The van der Waals surface area contributed by atoms with Crippen LogP contribution in [-0.4, -0.2) is 11.5 Å². The van der Waals surface area contributed by atoms with E-state index in [1.807, 2.05) is 38.1 Å². The van der Waals surface area contributed by atoms with Crippen LogP contribution in [0.5, 0.6) is 11.5 Å². The number of ether oxygens (including phenoxy) is 1. The molecule has 1 heterocycles. The summed E-state index contributed by atoms with van der Waals surface area (Å²) in [5.41, 5.74) is 2.03. The van der Waals surface area contributed by atoms with E-state index in [2.05, 4.69) is 10.3 Å². The molecule has 0 aliphatic rings. The van der Waals surface area contributed by atoms with Gasteiger partial charge in [-0.2, -0.15) is 0 Å². The zero-order valence-corrected chi connectivity index (χ0v) is 11.2. The molecule has 4 heteroatoms. The van der Waals surface area contributed by atoms with Crippen molar-refractivity contribution in [2.75, 3.05) is 11.9 Å². The molecule has 94 valence electrons. The van der Waals surface area contributed by atoms with Crippen LogP contribution >= 0.6 is 11.6 Å². The molecular formula is C14H15ClN2O. The van der Waals surface area contributed by atoms with Gasteiger partial charge in [0.2, 0.25) is 0 Å². The summed E-state index contributed by atoms with van der Waals surface area (Å²) < 4.78 is 5.72. The van der Waals surface area contributed by atoms with Crippen molar-refractivity contribution in [3.63, 3.8) is 0 Å². The van der Waals surface area contributed by atoms with Crippen molar-refractivity contribution in [3.8, 4) is 11.5 Å². The maximum atomic E-state index is 6.12. The Balaban J connectivity index is 2.20. The van der Waals surface area contributed by atoms with Gasteiger partial charge >= 0.3 is 0 Å². The molecule has 2 aromatic rings. The highest BCUT2D eigenvalue weighted by molar-refractivity contribution is 6.32. The number of hydrogen-bond donors (Lipinski definition) is 1. The summed E-state index contributed by atoms with van der Waals surface area (Å²) in [6.07, 6.45) is 3.42. The number of nitrogens with one attached hydrogen (secondary N) is 1. The Kier molecular flexibility index (Phi) is 4.05. The maximum absolute atomic E-state index is 6.12. The van der Waals surface area contributed by atoms with Crippen molar-refractivity contribution in [1.82, 2.24) is 4.98 Å². The van der Waals surface area contributed by atoms with Crippen molar-refractivity contribution in [1.29, 1.82) is 0 Å². The number of aryl methyl sites for hydroxylation is 1. The molecule has 0 unspecified atom stereocenters. The first-order valence-electron chi connectivity index (χ1n) is 5.82. The number of nitrogens with zero attached hydrogens (tertiary/aromatic N) is 1. The van der Waals surface area contributed by atoms with E-state index in [0.29, 0.717) is 16.5 Å². The second kappa shape index (κ2) is 5.74. The van der Waals surface area contributed by atoms with E-state index in [1.54, 1.807) is 12.4 Å². The van der Waals surface area contributed by atoms with Crippen LogP contribution in [-0.2, 0) is 0 Å². The summed E-state index contributed by atoms with van der Waals surface area (Å²) in [6.45, 7) is 4.86. The van der Waals surface area contributed by atoms with Crippen LogP contribution in [0, 0.1) is 6.92 Å². The number of pyridine rings is 1. The molecule has 2 rings (SSSR count). The first-order valence-corrected chi connectivity index (χ1v) is 6.19. The molecule has 1 aromatic carbocycles. The summed E-state index contributed by atoms with van der Waals surface area (Å²) in [4.78, 5) is 4.12. The van der Waals surface area contributed by atoms with Gasteiger partial charge in [0.1, 0.15) is 11.5 Å². The molecule has 3 nitrogen and oxygen atoms in total. The Bertz CT molecular complexity index is 543. The van der Waals surface area contributed by atoms with Crippen LogP contribution in [0.4, 0.5) is 5.69 Å². The molecule has 0 aliphatic heterocycles. The second-order valence-electron chi connectivity index (χ2n) is 3.98. The van der Waals surface area contributed by atoms with E-state index < -0.39 is 0 Å². The molecule has 1 aromatic heterocycles. The number of halogens is 1. The van der Waals surface area contributed by atoms with E-state index in [4.69, 9.17) is 16.3 Å². The fourth-order valence-electron chi connectivity index (χ4n) is 1.59. The van der Waals surface area contributed by atoms with Crippen molar-refractivity contribution >= 4 is 17.3 Å². The van der Waals surface area contributed by atoms with E-state index in [1.165, 1.54) is 0 Å². The number of aromatic nitrogens is 1. The van der Waals surface area contributed by atoms with Gasteiger partial charge in [-0.1, -0.05) is 17.7 Å². The Labute approximate surface area is 112 Å². The highest BCUT2D eigenvalue weighted by atomic mass is 35.5. The van der Waals surface area contributed by atoms with Crippen molar-refractivity contribution in [2.45, 2.75) is 13.8 Å². The minimum absolute atomic E-state index is 0.601. The quantitative estimate of drug-likeness (QED) is 0.894. The zero-order valence-electron chi connectivity index (χ0n) is 10.4. The number of benzene rings is 1. The van der Waals surface area contributed by atoms with Gasteiger partial charge in [-0.05, 0) is 31.5 Å². The van der Waals surface area contributed by atoms with Crippen LogP contribution < -0.4 is 10.1 Å². The molecule has 1 N–H and O–H groups in total. The molecule has 0 spiro atoms. The molecule has 0 atom stereocenters. The van der Waals surface area contributed by atoms with Crippen LogP contribution in [0.25, 0.3) is 0 Å². The Morgan fingerprint density at radius 2 is 2.11 bits per heavy atom. The molecule has 0 aliphatic carbocycles. The second-order valence-corrected chi connectivity index (χ2v) is 4.38. The lowest BCUT2D eigenvalue weighted by Crippen LogP contribution is -1.97. The van der Waals surface area contributed by atoms with Gasteiger partial charge in [0.15, 0.2) is 0 Å². The first kappa shape index (κ1) is 12.7. The maximum Gasteiger partial charge on any atom is 0.147 e. The highest BCUT2D eigenvalue weighted by Crippen LogP contribution is 2.30. The van der Waals surface area contributed by atoms with Crippen LogP contribution in [0.1, 0.15) is 12.5 Å². The van der Waals surface area contributed by atoms with Crippen molar-refractivity contribution in [3.05, 3.63) is 47.2 Å². The number of anilines is 1. The van der Waals surface area contributed by atoms with E-state index in [0.717, 1.165) is 17.8 Å². The van der Waals surface area contributed by atoms with Gasteiger partial charge < -0.3 is 10.1 Å². The lowest BCUT2D eigenvalue weighted by Gasteiger charge is -2.09. The van der Waals surface area contributed by atoms with Crippen LogP contribution in [0.15, 0.2) is 36.7 Å². The fourth-order valence-corrected chi connectivity index (χ4v) is 1.86.